The third-order valence-electron chi connectivity index (χ3n) is 2.23. The van der Waals surface area contributed by atoms with Crippen molar-refractivity contribution in [2.24, 2.45) is 0 Å². The third-order valence-corrected chi connectivity index (χ3v) is 2.23. The molecule has 0 aromatic heterocycles. The monoisotopic (exact) mass is 220 g/mol. The van der Waals surface area contributed by atoms with Crippen LogP contribution >= 0.6 is 0 Å². The van der Waals surface area contributed by atoms with Crippen LogP contribution in [0.25, 0.3) is 0 Å². The van der Waals surface area contributed by atoms with E-state index in [1.54, 1.807) is 0 Å². The molecule has 0 rings (SSSR count). The zero-order valence-corrected chi connectivity index (χ0v) is 9.74. The lowest BCUT2D eigenvalue weighted by molar-refractivity contribution is 0.121. The summed E-state index contributed by atoms with van der Waals surface area (Å²) in [5, 5.41) is 19.5. The summed E-state index contributed by atoms with van der Waals surface area (Å²) in [5.74, 6) is 0. The summed E-state index contributed by atoms with van der Waals surface area (Å²) in [6, 6.07) is 0. The van der Waals surface area contributed by atoms with Gasteiger partial charge in [0, 0.05) is 33.7 Å². The summed E-state index contributed by atoms with van der Waals surface area (Å²) in [7, 11) is 3.71. The van der Waals surface area contributed by atoms with Gasteiger partial charge in [-0.15, -0.1) is 0 Å². The average molecular weight is 220 g/mol. The molecule has 0 aromatic rings. The van der Waals surface area contributed by atoms with Crippen molar-refractivity contribution in [2.45, 2.75) is 6.42 Å². The minimum atomic E-state index is 0.141. The van der Waals surface area contributed by atoms with Crippen LogP contribution in [0.4, 0.5) is 0 Å². The van der Waals surface area contributed by atoms with Crippen molar-refractivity contribution in [2.75, 3.05) is 53.5 Å². The Balaban J connectivity index is 3.59. The highest BCUT2D eigenvalue weighted by Gasteiger charge is 2.04. The van der Waals surface area contributed by atoms with Gasteiger partial charge in [-0.25, -0.2) is 10.9 Å². The van der Waals surface area contributed by atoms with E-state index in [-0.39, 0.29) is 13.2 Å². The summed E-state index contributed by atoms with van der Waals surface area (Å²) in [5.41, 5.74) is 5.99. The molecule has 0 atom stereocenters. The van der Waals surface area contributed by atoms with Crippen LogP contribution < -0.4 is 10.9 Å². The van der Waals surface area contributed by atoms with Crippen molar-refractivity contribution in [1.82, 2.24) is 20.9 Å². The zero-order chi connectivity index (χ0) is 11.5. The Bertz CT molecular complexity index is 127. The molecule has 4 N–H and O–H groups in total. The molecular formula is C9H24N4O2. The lowest BCUT2D eigenvalue weighted by Gasteiger charge is -2.23. The molecule has 92 valence electrons. The van der Waals surface area contributed by atoms with E-state index in [9.17, 15) is 0 Å². The Labute approximate surface area is 91.8 Å². The molecule has 0 unspecified atom stereocenters. The van der Waals surface area contributed by atoms with E-state index in [1.807, 2.05) is 24.1 Å². The first-order chi connectivity index (χ1) is 7.28. The number of aliphatic hydroxyl groups excluding tert-OH is 2. The second kappa shape index (κ2) is 10.3. The van der Waals surface area contributed by atoms with Crippen molar-refractivity contribution in [3.05, 3.63) is 0 Å². The minimum Gasteiger partial charge on any atom is -0.395 e. The third kappa shape index (κ3) is 7.66. The van der Waals surface area contributed by atoms with Crippen LogP contribution in [0.15, 0.2) is 0 Å². The highest BCUT2D eigenvalue weighted by Crippen LogP contribution is 1.91. The van der Waals surface area contributed by atoms with Crippen LogP contribution in [0.3, 0.4) is 0 Å². The van der Waals surface area contributed by atoms with Gasteiger partial charge in [-0.2, -0.15) is 5.12 Å². The second-order valence-corrected chi connectivity index (χ2v) is 3.24. The lowest BCUT2D eigenvalue weighted by atomic mass is 10.3. The van der Waals surface area contributed by atoms with Gasteiger partial charge in [0.1, 0.15) is 0 Å². The molecule has 0 saturated heterocycles. The van der Waals surface area contributed by atoms with Crippen molar-refractivity contribution < 1.29 is 10.2 Å². The summed E-state index contributed by atoms with van der Waals surface area (Å²) in [6.45, 7) is 3.28. The molecule has 15 heavy (non-hydrogen) atoms. The van der Waals surface area contributed by atoms with Crippen molar-refractivity contribution in [1.29, 1.82) is 0 Å². The van der Waals surface area contributed by atoms with Crippen LogP contribution in [-0.4, -0.2) is 73.7 Å². The van der Waals surface area contributed by atoms with Crippen molar-refractivity contribution in [3.63, 3.8) is 0 Å². The van der Waals surface area contributed by atoms with Gasteiger partial charge in [-0.05, 0) is 13.0 Å². The molecule has 0 aliphatic rings. The maximum absolute atomic E-state index is 8.81. The van der Waals surface area contributed by atoms with E-state index < -0.39 is 0 Å². The van der Waals surface area contributed by atoms with Crippen LogP contribution in [0.5, 0.6) is 0 Å². The van der Waals surface area contributed by atoms with Crippen LogP contribution in [-0.2, 0) is 0 Å². The molecule has 6 nitrogen and oxygen atoms in total. The Hall–Kier alpha value is -0.240. The normalized spacial score (nSPS) is 11.6. The highest BCUT2D eigenvalue weighted by atomic mass is 16.3. The zero-order valence-electron chi connectivity index (χ0n) is 9.74. The van der Waals surface area contributed by atoms with Gasteiger partial charge in [-0.1, -0.05) is 0 Å². The largest absolute Gasteiger partial charge is 0.395 e. The summed E-state index contributed by atoms with van der Waals surface area (Å²) < 4.78 is 0. The standard InChI is InChI=1S/C9H24N4O2/c1-10-13(11-2)5-3-4-12(6-8-14)7-9-15/h10-11,14-15H,3-9H2,1-2H3. The van der Waals surface area contributed by atoms with Gasteiger partial charge in [0.2, 0.25) is 0 Å². The van der Waals surface area contributed by atoms with E-state index in [4.69, 9.17) is 10.2 Å². The fourth-order valence-corrected chi connectivity index (χ4v) is 1.41. The smallest absolute Gasteiger partial charge is 0.0558 e. The van der Waals surface area contributed by atoms with E-state index in [0.717, 1.165) is 19.5 Å². The fraction of sp³-hybridized carbons (Fsp3) is 1.00. The number of nitrogens with one attached hydrogen (secondary N) is 2. The Kier molecular flexibility index (Phi) is 10.1. The Morgan fingerprint density at radius 2 is 1.40 bits per heavy atom. The maximum Gasteiger partial charge on any atom is 0.0558 e. The molecule has 0 saturated carbocycles. The first-order valence-electron chi connectivity index (χ1n) is 5.34. The number of rotatable bonds is 10. The molecule has 0 amide bonds. The predicted molar refractivity (Wildman–Crippen MR) is 60.1 cm³/mol. The Morgan fingerprint density at radius 1 is 0.867 bits per heavy atom. The molecular weight excluding hydrogens is 196 g/mol. The van der Waals surface area contributed by atoms with Crippen molar-refractivity contribution >= 4 is 0 Å². The first-order valence-corrected chi connectivity index (χ1v) is 5.34. The van der Waals surface area contributed by atoms with E-state index in [1.165, 1.54) is 0 Å². The number of hydrogen-bond acceptors (Lipinski definition) is 6. The van der Waals surface area contributed by atoms with Gasteiger partial charge in [0.15, 0.2) is 0 Å². The molecule has 0 aliphatic heterocycles. The summed E-state index contributed by atoms with van der Waals surface area (Å²) in [4.78, 5) is 2.05. The van der Waals surface area contributed by atoms with E-state index >= 15 is 0 Å². The van der Waals surface area contributed by atoms with Gasteiger partial charge in [-0.3, -0.25) is 4.90 Å². The summed E-state index contributed by atoms with van der Waals surface area (Å²) >= 11 is 0. The van der Waals surface area contributed by atoms with Crippen LogP contribution in [0.2, 0.25) is 0 Å². The lowest BCUT2D eigenvalue weighted by Crippen LogP contribution is -2.45. The predicted octanol–water partition coefficient (Wildman–Crippen LogP) is -1.77. The average Bonchev–Trinajstić information content (AvgIpc) is 2.25. The van der Waals surface area contributed by atoms with E-state index in [0.29, 0.717) is 13.1 Å². The quantitative estimate of drug-likeness (QED) is 0.327. The van der Waals surface area contributed by atoms with Gasteiger partial charge >= 0.3 is 0 Å². The fourth-order valence-electron chi connectivity index (χ4n) is 1.41. The first kappa shape index (κ1) is 14.8. The van der Waals surface area contributed by atoms with Crippen molar-refractivity contribution in [3.8, 4) is 0 Å². The molecule has 0 bridgehead atoms. The number of hydrazine groups is 2. The number of hydrogen-bond donors (Lipinski definition) is 4. The topological polar surface area (TPSA) is 71.0 Å². The van der Waals surface area contributed by atoms with Gasteiger partial charge < -0.3 is 10.2 Å². The van der Waals surface area contributed by atoms with Gasteiger partial charge in [0.25, 0.3) is 0 Å². The van der Waals surface area contributed by atoms with E-state index in [2.05, 4.69) is 10.9 Å². The second-order valence-electron chi connectivity index (χ2n) is 3.24. The molecule has 0 aromatic carbocycles. The number of nitrogens with zero attached hydrogens (tertiary/aromatic N) is 2. The highest BCUT2D eigenvalue weighted by molar-refractivity contribution is 4.57. The van der Waals surface area contributed by atoms with Crippen LogP contribution in [0.1, 0.15) is 6.42 Å². The molecule has 0 aliphatic carbocycles. The molecule has 6 heteroatoms. The Morgan fingerprint density at radius 3 is 1.80 bits per heavy atom. The molecule has 0 spiro atoms. The molecule has 0 heterocycles. The van der Waals surface area contributed by atoms with Gasteiger partial charge in [0.05, 0.1) is 13.2 Å². The minimum absolute atomic E-state index is 0.141. The maximum atomic E-state index is 8.81. The molecule has 0 fully saturated rings. The molecule has 0 radical (unpaired) electrons. The SMILES string of the molecule is CNN(CCCN(CCO)CCO)NC. The number of aliphatic hydroxyl groups is 2. The summed E-state index contributed by atoms with van der Waals surface area (Å²) in [6.07, 6.45) is 0.974. The van der Waals surface area contributed by atoms with Crippen LogP contribution in [0, 0.1) is 0 Å².